The molecule has 2 aliphatic carbocycles. The van der Waals surface area contributed by atoms with Crippen LogP contribution in [0.1, 0.15) is 84.3 Å². The van der Waals surface area contributed by atoms with Crippen molar-refractivity contribution in [3.63, 3.8) is 0 Å². The zero-order chi connectivity index (χ0) is 46.4. The van der Waals surface area contributed by atoms with Crippen LogP contribution in [0.25, 0.3) is 39.1 Å². The maximum absolute atomic E-state index is 7.75. The predicted octanol–water partition coefficient (Wildman–Crippen LogP) is 14.3. The fourth-order valence-corrected chi connectivity index (χ4v) is 11.8. The summed E-state index contributed by atoms with van der Waals surface area (Å²) in [5.74, 6) is 0.927. The number of nitrogens with one attached hydrogen (secondary N) is 1. The van der Waals surface area contributed by atoms with Crippen molar-refractivity contribution in [3.8, 4) is 5.69 Å². The third-order valence-corrected chi connectivity index (χ3v) is 15.4. The molecule has 13 rings (SSSR count). The number of aromatic nitrogens is 1. The van der Waals surface area contributed by atoms with Gasteiger partial charge in [0, 0.05) is 67.3 Å². The highest BCUT2D eigenvalue weighted by atomic mass is 16.3. The Morgan fingerprint density at radius 3 is 2.04 bits per heavy atom. The van der Waals surface area contributed by atoms with E-state index in [0.29, 0.717) is 0 Å². The van der Waals surface area contributed by atoms with Crippen molar-refractivity contribution in [2.45, 2.75) is 72.8 Å². The van der Waals surface area contributed by atoms with Gasteiger partial charge < -0.3 is 24.1 Å². The maximum atomic E-state index is 7.75. The second-order valence-electron chi connectivity index (χ2n) is 21.6. The number of nitrogens with zero attached hydrogens (tertiary/aromatic N) is 3. The number of para-hydroxylation sites is 3. The van der Waals surface area contributed by atoms with Gasteiger partial charge in [-0.3, -0.25) is 0 Å². The Morgan fingerprint density at radius 1 is 0.647 bits per heavy atom. The standard InChI is InChI=1S/C62H55BN4O/c1-38-55-46-21-9-12-22-49(46)64-62(38,8)36-35-47-57-59(68-58(47)55)63-48-34-33-43(66-50-23-13-10-19-44(50)45-20-11-14-24-51(45)66)37-54(48)65(42-31-28-40(29-32-42)61(5,6)7)52-25-16-26-53(56(52)63)67(57)41-18-15-17-39(27-30-41)60(2,3)4/h9-14,16-37,64H,15H2,1-8H3/t62-/m1/s1. The molecule has 332 valence electrons. The quantitative estimate of drug-likeness (QED) is 0.179. The van der Waals surface area contributed by atoms with Crippen molar-refractivity contribution < 1.29 is 4.42 Å². The highest BCUT2D eigenvalue weighted by molar-refractivity contribution is 6.99. The van der Waals surface area contributed by atoms with Crippen LogP contribution in [0.3, 0.4) is 0 Å². The lowest BCUT2D eigenvalue weighted by atomic mass is 9.35. The number of fused-ring (bicyclic) bond motifs is 13. The fraction of sp³-hybridized carbons (Fsp3) is 0.194. The zero-order valence-electron chi connectivity index (χ0n) is 40.2. The Kier molecular flexibility index (Phi) is 8.58. The summed E-state index contributed by atoms with van der Waals surface area (Å²) in [6.07, 6.45) is 15.0. The van der Waals surface area contributed by atoms with Crippen molar-refractivity contribution >= 4 is 90.9 Å². The molecule has 0 radical (unpaired) electrons. The number of allylic oxidation sites excluding steroid dienone is 5. The lowest BCUT2D eigenvalue weighted by Crippen LogP contribution is -2.61. The monoisotopic (exact) mass is 882 g/mol. The minimum Gasteiger partial charge on any atom is -0.467 e. The Hall–Kier alpha value is -7.44. The second kappa shape index (κ2) is 14.3. The Bertz CT molecular complexity index is 3580. The van der Waals surface area contributed by atoms with E-state index in [0.717, 1.165) is 63.2 Å². The topological polar surface area (TPSA) is 36.6 Å². The SMILES string of the molecule is CC1=C2c3ccccc3N[C@]1(C)C=Cc1c2oc2c1N(C1=CCC=C(C(C)(C)C)C=C1)c1cccc3c1B2c1ccc(-n2c4ccccc4c4ccccc42)cc1N3c1ccc(C(C)(C)C)cc1. The molecular weight excluding hydrogens is 828 g/mol. The van der Waals surface area contributed by atoms with Gasteiger partial charge in [0.15, 0.2) is 0 Å². The molecule has 0 saturated carbocycles. The van der Waals surface area contributed by atoms with Crippen LogP contribution < -0.4 is 31.7 Å². The number of benzene rings is 6. The van der Waals surface area contributed by atoms with Crippen molar-refractivity contribution in [1.29, 1.82) is 0 Å². The van der Waals surface area contributed by atoms with E-state index in [9.17, 15) is 0 Å². The molecule has 6 heteroatoms. The van der Waals surface area contributed by atoms with Gasteiger partial charge in [0.1, 0.15) is 5.76 Å². The normalized spacial score (nSPS) is 18.0. The van der Waals surface area contributed by atoms with Gasteiger partial charge in [-0.15, -0.1) is 0 Å². The summed E-state index contributed by atoms with van der Waals surface area (Å²) in [5.41, 5.74) is 21.9. The van der Waals surface area contributed by atoms with E-state index in [-0.39, 0.29) is 23.1 Å². The molecule has 0 spiro atoms. The van der Waals surface area contributed by atoms with Crippen LogP contribution in [-0.2, 0) is 5.41 Å². The summed E-state index contributed by atoms with van der Waals surface area (Å²) in [6.45, 7) is 18.2. The smallest absolute Gasteiger partial charge is 0.297 e. The van der Waals surface area contributed by atoms with E-state index in [1.54, 1.807) is 0 Å². The fourth-order valence-electron chi connectivity index (χ4n) is 11.8. The van der Waals surface area contributed by atoms with Gasteiger partial charge in [0.25, 0.3) is 6.71 Å². The molecule has 8 aromatic rings. The summed E-state index contributed by atoms with van der Waals surface area (Å²) in [6, 6.07) is 49.7. The Labute approximate surface area is 400 Å². The molecule has 5 heterocycles. The van der Waals surface area contributed by atoms with Gasteiger partial charge in [-0.1, -0.05) is 151 Å². The van der Waals surface area contributed by atoms with E-state index in [4.69, 9.17) is 4.42 Å². The minimum atomic E-state index is -0.389. The highest BCUT2D eigenvalue weighted by Crippen LogP contribution is 2.52. The predicted molar refractivity (Wildman–Crippen MR) is 288 cm³/mol. The summed E-state index contributed by atoms with van der Waals surface area (Å²) in [5, 5.41) is 6.40. The average molecular weight is 883 g/mol. The molecule has 3 aliphatic heterocycles. The lowest BCUT2D eigenvalue weighted by molar-refractivity contribution is 0.515. The van der Waals surface area contributed by atoms with Crippen molar-refractivity contribution in [2.24, 2.45) is 5.41 Å². The van der Waals surface area contributed by atoms with E-state index < -0.39 is 0 Å². The van der Waals surface area contributed by atoms with Crippen LogP contribution in [0.2, 0.25) is 0 Å². The summed E-state index contributed by atoms with van der Waals surface area (Å²) >= 11 is 0. The Balaban J connectivity index is 1.11. The Morgan fingerprint density at radius 2 is 1.32 bits per heavy atom. The first-order valence-electron chi connectivity index (χ1n) is 24.3. The van der Waals surface area contributed by atoms with E-state index in [2.05, 4.69) is 245 Å². The van der Waals surface area contributed by atoms with Crippen LogP contribution in [-0.4, -0.2) is 16.8 Å². The van der Waals surface area contributed by atoms with Crippen LogP contribution in [0.5, 0.6) is 0 Å². The van der Waals surface area contributed by atoms with Crippen LogP contribution in [0.15, 0.2) is 185 Å². The van der Waals surface area contributed by atoms with Gasteiger partial charge in [0.2, 0.25) is 0 Å². The summed E-state index contributed by atoms with van der Waals surface area (Å²) in [4.78, 5) is 5.04. The molecular formula is C62H55BN4O. The second-order valence-corrected chi connectivity index (χ2v) is 21.6. The molecule has 5 aliphatic rings. The molecule has 1 atom stereocenters. The van der Waals surface area contributed by atoms with Crippen molar-refractivity contribution in [1.82, 2.24) is 4.57 Å². The molecule has 68 heavy (non-hydrogen) atoms. The van der Waals surface area contributed by atoms with Gasteiger partial charge in [-0.05, 0) is 119 Å². The number of rotatable bonds is 3. The van der Waals surface area contributed by atoms with Crippen molar-refractivity contribution in [3.05, 3.63) is 203 Å². The van der Waals surface area contributed by atoms with Gasteiger partial charge in [0.05, 0.1) is 27.9 Å². The lowest BCUT2D eigenvalue weighted by Gasteiger charge is -2.43. The molecule has 0 saturated heterocycles. The van der Waals surface area contributed by atoms with Crippen LogP contribution in [0.4, 0.5) is 34.1 Å². The largest absolute Gasteiger partial charge is 0.467 e. The number of furan rings is 1. The first kappa shape index (κ1) is 40.8. The van der Waals surface area contributed by atoms with E-state index in [1.807, 2.05) is 0 Å². The number of anilines is 6. The molecule has 6 aromatic carbocycles. The van der Waals surface area contributed by atoms with Crippen molar-refractivity contribution in [2.75, 3.05) is 15.1 Å². The number of hydrogen-bond acceptors (Lipinski definition) is 4. The minimum absolute atomic E-state index is 0.0153. The average Bonchev–Trinajstić information content (AvgIpc) is 3.72. The summed E-state index contributed by atoms with van der Waals surface area (Å²) in [7, 11) is 0. The molecule has 0 amide bonds. The first-order chi connectivity index (χ1) is 32.8. The molecule has 5 nitrogen and oxygen atoms in total. The molecule has 2 aromatic heterocycles. The highest BCUT2D eigenvalue weighted by Gasteiger charge is 2.49. The molecule has 2 bridgehead atoms. The van der Waals surface area contributed by atoms with Gasteiger partial charge in [-0.2, -0.15) is 0 Å². The molecule has 0 fully saturated rings. The van der Waals surface area contributed by atoms with Crippen LogP contribution >= 0.6 is 0 Å². The maximum Gasteiger partial charge on any atom is 0.297 e. The summed E-state index contributed by atoms with van der Waals surface area (Å²) < 4.78 is 10.2. The van der Waals surface area contributed by atoms with E-state index in [1.165, 1.54) is 66.3 Å². The van der Waals surface area contributed by atoms with Gasteiger partial charge >= 0.3 is 0 Å². The van der Waals surface area contributed by atoms with Crippen LogP contribution in [0, 0.1) is 5.41 Å². The molecule has 0 unspecified atom stereocenters. The first-order valence-corrected chi connectivity index (χ1v) is 24.3. The third kappa shape index (κ3) is 5.82. The molecule has 1 N–H and O–H groups in total. The number of hydrogen-bond donors (Lipinski definition) is 1. The zero-order valence-corrected chi connectivity index (χ0v) is 40.2. The third-order valence-electron chi connectivity index (χ3n) is 15.4. The van der Waals surface area contributed by atoms with E-state index >= 15 is 0 Å². The van der Waals surface area contributed by atoms with Gasteiger partial charge in [-0.25, -0.2) is 0 Å².